The van der Waals surface area contributed by atoms with E-state index < -0.39 is 6.10 Å². The summed E-state index contributed by atoms with van der Waals surface area (Å²) in [5, 5.41) is 10.8. The minimum absolute atomic E-state index is 0.109. The van der Waals surface area contributed by atoms with Crippen molar-refractivity contribution in [1.82, 2.24) is 4.98 Å². The molecule has 1 atom stereocenters. The standard InChI is InChI=1S/C16H18ClNO/c1-16(2,3)12-6-4-11(5-7-12)15(19)13-8-9-18-10-14(13)17/h4-10,15,19H,1-3H3. The number of benzene rings is 1. The van der Waals surface area contributed by atoms with E-state index in [-0.39, 0.29) is 5.41 Å². The fraction of sp³-hybridized carbons (Fsp3) is 0.312. The van der Waals surface area contributed by atoms with Crippen LogP contribution in [0.3, 0.4) is 0 Å². The van der Waals surface area contributed by atoms with Gasteiger partial charge in [-0.2, -0.15) is 0 Å². The molecule has 2 rings (SSSR count). The summed E-state index contributed by atoms with van der Waals surface area (Å²) in [6.45, 7) is 6.49. The SMILES string of the molecule is CC(C)(C)c1ccc(C(O)c2ccncc2Cl)cc1. The van der Waals surface area contributed by atoms with Crippen LogP contribution in [0.1, 0.15) is 43.6 Å². The van der Waals surface area contributed by atoms with E-state index in [1.165, 1.54) is 5.56 Å². The van der Waals surface area contributed by atoms with Gasteiger partial charge in [-0.25, -0.2) is 0 Å². The first-order valence-corrected chi connectivity index (χ1v) is 6.65. The molecule has 0 spiro atoms. The Bertz CT molecular complexity index is 558. The molecule has 0 radical (unpaired) electrons. The van der Waals surface area contributed by atoms with Crippen LogP contribution in [0.25, 0.3) is 0 Å². The molecule has 0 fully saturated rings. The van der Waals surface area contributed by atoms with Gasteiger partial charge < -0.3 is 5.11 Å². The van der Waals surface area contributed by atoms with E-state index >= 15 is 0 Å². The van der Waals surface area contributed by atoms with E-state index in [4.69, 9.17) is 11.6 Å². The highest BCUT2D eigenvalue weighted by Gasteiger charge is 2.16. The van der Waals surface area contributed by atoms with Crippen LogP contribution in [0, 0.1) is 0 Å². The minimum atomic E-state index is -0.718. The average Bonchev–Trinajstić information content (AvgIpc) is 2.38. The highest BCUT2D eigenvalue weighted by Crippen LogP contribution is 2.29. The Labute approximate surface area is 119 Å². The Morgan fingerprint density at radius 3 is 2.26 bits per heavy atom. The van der Waals surface area contributed by atoms with Crippen LogP contribution < -0.4 is 0 Å². The summed E-state index contributed by atoms with van der Waals surface area (Å²) < 4.78 is 0. The van der Waals surface area contributed by atoms with Crippen molar-refractivity contribution in [3.05, 3.63) is 64.4 Å². The van der Waals surface area contributed by atoms with Crippen molar-refractivity contribution in [2.75, 3.05) is 0 Å². The van der Waals surface area contributed by atoms with Crippen molar-refractivity contribution in [3.63, 3.8) is 0 Å². The lowest BCUT2D eigenvalue weighted by Gasteiger charge is -2.20. The molecule has 0 saturated heterocycles. The van der Waals surface area contributed by atoms with Crippen molar-refractivity contribution in [3.8, 4) is 0 Å². The summed E-state index contributed by atoms with van der Waals surface area (Å²) in [7, 11) is 0. The van der Waals surface area contributed by atoms with Gasteiger partial charge in [0.2, 0.25) is 0 Å². The number of hydrogen-bond acceptors (Lipinski definition) is 2. The van der Waals surface area contributed by atoms with E-state index in [9.17, 15) is 5.11 Å². The van der Waals surface area contributed by atoms with E-state index in [1.807, 2.05) is 24.3 Å². The maximum Gasteiger partial charge on any atom is 0.106 e. The molecular formula is C16H18ClNO. The number of aliphatic hydroxyl groups excluding tert-OH is 1. The summed E-state index contributed by atoms with van der Waals surface area (Å²) in [5.41, 5.74) is 2.86. The summed E-state index contributed by atoms with van der Waals surface area (Å²) in [6.07, 6.45) is 2.46. The zero-order valence-corrected chi connectivity index (χ0v) is 12.1. The Morgan fingerprint density at radius 1 is 1.11 bits per heavy atom. The first-order chi connectivity index (χ1) is 8.89. The van der Waals surface area contributed by atoms with Crippen LogP contribution in [0.5, 0.6) is 0 Å². The molecule has 100 valence electrons. The monoisotopic (exact) mass is 275 g/mol. The molecule has 1 aromatic heterocycles. The van der Waals surface area contributed by atoms with Gasteiger partial charge in [0, 0.05) is 18.0 Å². The van der Waals surface area contributed by atoms with Gasteiger partial charge in [-0.3, -0.25) is 4.98 Å². The molecule has 0 aliphatic heterocycles. The van der Waals surface area contributed by atoms with Crippen LogP contribution in [0.15, 0.2) is 42.7 Å². The van der Waals surface area contributed by atoms with E-state index in [2.05, 4.69) is 25.8 Å². The van der Waals surface area contributed by atoms with E-state index in [1.54, 1.807) is 18.5 Å². The highest BCUT2D eigenvalue weighted by molar-refractivity contribution is 6.31. The number of halogens is 1. The third kappa shape index (κ3) is 3.14. The number of nitrogens with zero attached hydrogens (tertiary/aromatic N) is 1. The van der Waals surface area contributed by atoms with Crippen LogP contribution in [0.2, 0.25) is 5.02 Å². The lowest BCUT2D eigenvalue weighted by molar-refractivity contribution is 0.220. The van der Waals surface area contributed by atoms with Crippen molar-refractivity contribution in [1.29, 1.82) is 0 Å². The Balaban J connectivity index is 2.31. The zero-order valence-electron chi connectivity index (χ0n) is 11.4. The molecule has 1 unspecified atom stereocenters. The number of pyridine rings is 1. The van der Waals surface area contributed by atoms with Gasteiger partial charge in [0.05, 0.1) is 5.02 Å². The summed E-state index contributed by atoms with van der Waals surface area (Å²) in [5.74, 6) is 0. The molecule has 0 bridgehead atoms. The minimum Gasteiger partial charge on any atom is -0.384 e. The molecule has 1 aromatic carbocycles. The topological polar surface area (TPSA) is 33.1 Å². The lowest BCUT2D eigenvalue weighted by Crippen LogP contribution is -2.11. The van der Waals surface area contributed by atoms with E-state index in [0.717, 1.165) is 5.56 Å². The molecule has 1 N–H and O–H groups in total. The van der Waals surface area contributed by atoms with Gasteiger partial charge in [-0.05, 0) is 22.6 Å². The van der Waals surface area contributed by atoms with Crippen molar-refractivity contribution in [2.24, 2.45) is 0 Å². The molecule has 2 nitrogen and oxygen atoms in total. The van der Waals surface area contributed by atoms with Gasteiger partial charge in [-0.15, -0.1) is 0 Å². The maximum absolute atomic E-state index is 10.4. The normalized spacial score (nSPS) is 13.3. The van der Waals surface area contributed by atoms with Crippen LogP contribution >= 0.6 is 11.6 Å². The van der Waals surface area contributed by atoms with Gasteiger partial charge in [0.1, 0.15) is 6.10 Å². The summed E-state index contributed by atoms with van der Waals surface area (Å²) in [4.78, 5) is 3.92. The van der Waals surface area contributed by atoms with Gasteiger partial charge in [0.25, 0.3) is 0 Å². The van der Waals surface area contributed by atoms with Crippen LogP contribution in [-0.4, -0.2) is 10.1 Å². The molecular weight excluding hydrogens is 258 g/mol. The number of aliphatic hydroxyl groups is 1. The second kappa shape index (κ2) is 5.32. The first kappa shape index (κ1) is 14.0. The first-order valence-electron chi connectivity index (χ1n) is 6.27. The molecule has 3 heteroatoms. The average molecular weight is 276 g/mol. The quantitative estimate of drug-likeness (QED) is 0.894. The smallest absolute Gasteiger partial charge is 0.106 e. The third-order valence-electron chi connectivity index (χ3n) is 3.19. The fourth-order valence-electron chi connectivity index (χ4n) is 1.95. The van der Waals surface area contributed by atoms with Crippen LogP contribution in [0.4, 0.5) is 0 Å². The second-order valence-electron chi connectivity index (χ2n) is 5.67. The second-order valence-corrected chi connectivity index (χ2v) is 6.08. The molecule has 0 aliphatic rings. The van der Waals surface area contributed by atoms with Gasteiger partial charge >= 0.3 is 0 Å². The zero-order chi connectivity index (χ0) is 14.0. The number of hydrogen-bond donors (Lipinski definition) is 1. The number of rotatable bonds is 2. The van der Waals surface area contributed by atoms with E-state index in [0.29, 0.717) is 10.6 Å². The Hall–Kier alpha value is -1.38. The highest BCUT2D eigenvalue weighted by atomic mass is 35.5. The largest absolute Gasteiger partial charge is 0.384 e. The summed E-state index contributed by atoms with van der Waals surface area (Å²) >= 11 is 6.05. The van der Waals surface area contributed by atoms with Crippen LogP contribution in [-0.2, 0) is 5.41 Å². The molecule has 0 aliphatic carbocycles. The van der Waals surface area contributed by atoms with Gasteiger partial charge in [-0.1, -0.05) is 56.6 Å². The fourth-order valence-corrected chi connectivity index (χ4v) is 2.18. The van der Waals surface area contributed by atoms with Gasteiger partial charge in [0.15, 0.2) is 0 Å². The molecule has 2 aromatic rings. The molecule has 19 heavy (non-hydrogen) atoms. The van der Waals surface area contributed by atoms with Crippen molar-refractivity contribution < 1.29 is 5.11 Å². The van der Waals surface area contributed by atoms with Crippen molar-refractivity contribution in [2.45, 2.75) is 32.3 Å². The molecule has 0 amide bonds. The molecule has 1 heterocycles. The lowest BCUT2D eigenvalue weighted by atomic mass is 9.86. The maximum atomic E-state index is 10.4. The third-order valence-corrected chi connectivity index (χ3v) is 3.51. The molecule has 0 saturated carbocycles. The Kier molecular flexibility index (Phi) is 3.93. The summed E-state index contributed by atoms with van der Waals surface area (Å²) in [6, 6.07) is 9.73. The number of aromatic nitrogens is 1. The predicted octanol–water partition coefficient (Wildman–Crippen LogP) is 4.11. The predicted molar refractivity (Wildman–Crippen MR) is 78.5 cm³/mol. The van der Waals surface area contributed by atoms with Crippen molar-refractivity contribution >= 4 is 11.6 Å². The Morgan fingerprint density at radius 2 is 1.74 bits per heavy atom.